The number of hydrogen-bond donors (Lipinski definition) is 3. The first-order valence-electron chi connectivity index (χ1n) is 12.6. The fourth-order valence-electron chi connectivity index (χ4n) is 6.19. The normalized spacial score (nSPS) is 24.9. The minimum absolute atomic E-state index is 0.0101. The van der Waals surface area contributed by atoms with E-state index in [1.807, 2.05) is 31.2 Å². The largest absolute Gasteiger partial charge is 0.481 e. The Balaban J connectivity index is 1.11. The van der Waals surface area contributed by atoms with Crippen LogP contribution in [0.1, 0.15) is 56.1 Å². The third-order valence-electron chi connectivity index (χ3n) is 8.11. The Morgan fingerprint density at radius 2 is 1.66 bits per heavy atom. The lowest BCUT2D eigenvalue weighted by molar-refractivity contribution is -0.141. The van der Waals surface area contributed by atoms with Crippen molar-refractivity contribution < 1.29 is 24.2 Å². The van der Waals surface area contributed by atoms with Gasteiger partial charge in [-0.3, -0.25) is 9.59 Å². The second-order valence-electron chi connectivity index (χ2n) is 10.1. The molecule has 0 saturated heterocycles. The Kier molecular flexibility index (Phi) is 6.50. The number of carboxylic acid groups (broad SMARTS) is 1. The molecule has 5 rings (SSSR count). The SMILES string of the molecule is CC[C@@H](CC(=O)N[C@H]1C[C@H]2CC(C(=O)O)C[C@H]21)NC(=O)OCC1c2ccccc2-c2ccccc21. The molecule has 1 unspecified atom stereocenters. The number of rotatable bonds is 8. The molecule has 3 aliphatic carbocycles. The fraction of sp³-hybridized carbons (Fsp3) is 0.464. The summed E-state index contributed by atoms with van der Waals surface area (Å²) in [6, 6.07) is 16.1. The van der Waals surface area contributed by atoms with Gasteiger partial charge in [-0.25, -0.2) is 4.79 Å². The van der Waals surface area contributed by atoms with Crippen molar-refractivity contribution in [2.75, 3.05) is 6.61 Å². The van der Waals surface area contributed by atoms with Crippen LogP contribution in [0.15, 0.2) is 48.5 Å². The van der Waals surface area contributed by atoms with Crippen LogP contribution in [0.25, 0.3) is 11.1 Å². The lowest BCUT2D eigenvalue weighted by Gasteiger charge is -2.41. The summed E-state index contributed by atoms with van der Waals surface area (Å²) in [5.74, 6) is -0.479. The Morgan fingerprint density at radius 3 is 2.29 bits per heavy atom. The lowest BCUT2D eigenvalue weighted by atomic mass is 9.71. The van der Waals surface area contributed by atoms with Gasteiger partial charge in [0.05, 0.1) is 5.92 Å². The zero-order chi connectivity index (χ0) is 24.5. The molecule has 7 nitrogen and oxygen atoms in total. The van der Waals surface area contributed by atoms with E-state index in [4.69, 9.17) is 4.74 Å². The van der Waals surface area contributed by atoms with Crippen LogP contribution in [-0.4, -0.2) is 41.8 Å². The van der Waals surface area contributed by atoms with Gasteiger partial charge in [-0.05, 0) is 59.8 Å². The summed E-state index contributed by atoms with van der Waals surface area (Å²) >= 11 is 0. The number of aliphatic carboxylic acids is 1. The molecule has 0 radical (unpaired) electrons. The maximum atomic E-state index is 12.6. The van der Waals surface area contributed by atoms with Crippen LogP contribution in [0.5, 0.6) is 0 Å². The molecule has 0 aromatic heterocycles. The first-order valence-corrected chi connectivity index (χ1v) is 12.6. The van der Waals surface area contributed by atoms with Crippen molar-refractivity contribution in [3.05, 3.63) is 59.7 Å². The number of fused-ring (bicyclic) bond motifs is 4. The summed E-state index contributed by atoms with van der Waals surface area (Å²) in [7, 11) is 0. The van der Waals surface area contributed by atoms with Crippen molar-refractivity contribution in [2.24, 2.45) is 17.8 Å². The number of carbonyl (C=O) groups is 3. The molecular weight excluding hydrogens is 444 g/mol. The zero-order valence-corrected chi connectivity index (χ0v) is 19.9. The highest BCUT2D eigenvalue weighted by Gasteiger charge is 2.49. The molecule has 3 N–H and O–H groups in total. The van der Waals surface area contributed by atoms with Gasteiger partial charge in [-0.2, -0.15) is 0 Å². The van der Waals surface area contributed by atoms with Crippen LogP contribution in [0.4, 0.5) is 4.79 Å². The summed E-state index contributed by atoms with van der Waals surface area (Å²) in [5, 5.41) is 15.2. The number of hydrogen-bond acceptors (Lipinski definition) is 4. The van der Waals surface area contributed by atoms with Crippen molar-refractivity contribution in [3.8, 4) is 11.1 Å². The van der Waals surface area contributed by atoms with Gasteiger partial charge in [0.25, 0.3) is 0 Å². The van der Waals surface area contributed by atoms with Crippen molar-refractivity contribution in [2.45, 2.75) is 57.0 Å². The molecule has 0 aliphatic heterocycles. The molecule has 0 bridgehead atoms. The number of nitrogens with one attached hydrogen (secondary N) is 2. The van der Waals surface area contributed by atoms with Gasteiger partial charge in [0, 0.05) is 24.4 Å². The Morgan fingerprint density at radius 1 is 1.00 bits per heavy atom. The predicted octanol–water partition coefficient (Wildman–Crippen LogP) is 4.31. The summed E-state index contributed by atoms with van der Waals surface area (Å²) < 4.78 is 5.62. The maximum Gasteiger partial charge on any atom is 0.407 e. The molecule has 2 aromatic rings. The summed E-state index contributed by atoms with van der Waals surface area (Å²) in [4.78, 5) is 36.5. The fourth-order valence-corrected chi connectivity index (χ4v) is 6.19. The highest BCUT2D eigenvalue weighted by molar-refractivity contribution is 5.80. The lowest BCUT2D eigenvalue weighted by Crippen LogP contribution is -2.51. The zero-order valence-electron chi connectivity index (χ0n) is 19.9. The quantitative estimate of drug-likeness (QED) is 0.527. The minimum atomic E-state index is -0.734. The van der Waals surface area contributed by atoms with Gasteiger partial charge >= 0.3 is 12.1 Å². The van der Waals surface area contributed by atoms with E-state index in [-0.39, 0.29) is 48.8 Å². The second-order valence-corrected chi connectivity index (χ2v) is 10.1. The van der Waals surface area contributed by atoms with Crippen molar-refractivity contribution >= 4 is 18.0 Å². The van der Waals surface area contributed by atoms with Gasteiger partial charge in [-0.1, -0.05) is 55.5 Å². The Hall–Kier alpha value is -3.35. The van der Waals surface area contributed by atoms with Crippen LogP contribution in [-0.2, 0) is 14.3 Å². The average molecular weight is 477 g/mol. The van der Waals surface area contributed by atoms with Crippen LogP contribution < -0.4 is 10.6 Å². The Labute approximate surface area is 205 Å². The Bertz CT molecular complexity index is 1090. The molecule has 3 aliphatic rings. The monoisotopic (exact) mass is 476 g/mol. The third-order valence-corrected chi connectivity index (χ3v) is 8.11. The van der Waals surface area contributed by atoms with E-state index in [0.717, 1.165) is 17.5 Å². The van der Waals surface area contributed by atoms with Crippen molar-refractivity contribution in [3.63, 3.8) is 0 Å². The van der Waals surface area contributed by atoms with Crippen LogP contribution in [0, 0.1) is 17.8 Å². The van der Waals surface area contributed by atoms with E-state index in [0.29, 0.717) is 25.2 Å². The first-order chi connectivity index (χ1) is 16.9. The third kappa shape index (κ3) is 4.64. The highest BCUT2D eigenvalue weighted by Crippen LogP contribution is 2.49. The predicted molar refractivity (Wildman–Crippen MR) is 131 cm³/mol. The van der Waals surface area contributed by atoms with E-state index < -0.39 is 12.1 Å². The number of ether oxygens (including phenoxy) is 1. The number of amides is 2. The standard InChI is InChI=1S/C28H32N2O5/c1-2-18(14-26(31)30-25-13-16-11-17(27(32)33)12-23(16)25)29-28(34)35-15-24-21-9-5-3-7-19(21)20-8-4-6-10-22(20)24/h3-10,16-18,23-25H,2,11-15H2,1H3,(H,29,34)(H,30,31)(H,32,33)/t16-,17?,18+,23-,25+/m1/s1. The van der Waals surface area contributed by atoms with Crippen LogP contribution in [0.3, 0.4) is 0 Å². The average Bonchev–Trinajstić information content (AvgIpc) is 3.36. The molecule has 5 atom stereocenters. The van der Waals surface area contributed by atoms with Crippen molar-refractivity contribution in [1.82, 2.24) is 10.6 Å². The summed E-state index contributed by atoms with van der Waals surface area (Å²) in [5.41, 5.74) is 4.67. The molecule has 0 spiro atoms. The van der Waals surface area contributed by atoms with Crippen molar-refractivity contribution in [1.29, 1.82) is 0 Å². The van der Waals surface area contributed by atoms with Gasteiger partial charge in [0.1, 0.15) is 6.61 Å². The molecule has 184 valence electrons. The number of carboxylic acids is 1. The molecule has 2 fully saturated rings. The number of benzene rings is 2. The van der Waals surface area contributed by atoms with E-state index in [1.54, 1.807) is 0 Å². The van der Waals surface area contributed by atoms with E-state index in [1.165, 1.54) is 11.1 Å². The molecule has 7 heteroatoms. The topological polar surface area (TPSA) is 105 Å². The van der Waals surface area contributed by atoms with Gasteiger partial charge in [-0.15, -0.1) is 0 Å². The maximum absolute atomic E-state index is 12.6. The van der Waals surface area contributed by atoms with E-state index >= 15 is 0 Å². The highest BCUT2D eigenvalue weighted by atomic mass is 16.5. The number of alkyl carbamates (subject to hydrolysis) is 1. The molecule has 35 heavy (non-hydrogen) atoms. The summed E-state index contributed by atoms with van der Waals surface area (Å²) in [6.45, 7) is 2.16. The summed E-state index contributed by atoms with van der Waals surface area (Å²) in [6.07, 6.45) is 2.46. The molecular formula is C28H32N2O5. The van der Waals surface area contributed by atoms with Gasteiger partial charge < -0.3 is 20.5 Å². The first kappa shape index (κ1) is 23.4. The van der Waals surface area contributed by atoms with E-state index in [2.05, 4.69) is 34.9 Å². The van der Waals surface area contributed by atoms with Gasteiger partial charge in [0.15, 0.2) is 0 Å². The molecule has 2 saturated carbocycles. The second kappa shape index (κ2) is 9.72. The van der Waals surface area contributed by atoms with E-state index in [9.17, 15) is 19.5 Å². The van der Waals surface area contributed by atoms with Crippen LogP contribution in [0.2, 0.25) is 0 Å². The number of carbonyl (C=O) groups excluding carboxylic acids is 2. The minimum Gasteiger partial charge on any atom is -0.481 e. The molecule has 0 heterocycles. The molecule has 2 amide bonds. The van der Waals surface area contributed by atoms with Gasteiger partial charge in [0.2, 0.25) is 5.91 Å². The molecule has 2 aromatic carbocycles. The van der Waals surface area contributed by atoms with Crippen LogP contribution >= 0.6 is 0 Å². The smallest absolute Gasteiger partial charge is 0.407 e.